The first-order valence-electron chi connectivity index (χ1n) is 7.24. The summed E-state index contributed by atoms with van der Waals surface area (Å²) in [6.07, 6.45) is 3.37. The Balaban J connectivity index is 2.06. The van der Waals surface area contributed by atoms with Gasteiger partial charge in [-0.1, -0.05) is 6.07 Å². The lowest BCUT2D eigenvalue weighted by Gasteiger charge is -2.30. The molecule has 0 saturated carbocycles. The molecule has 0 amide bonds. The molecule has 0 radical (unpaired) electrons. The van der Waals surface area contributed by atoms with E-state index in [2.05, 4.69) is 17.4 Å². The topological polar surface area (TPSA) is 39.7 Å². The molecule has 2 unspecified atom stereocenters. The van der Waals surface area contributed by atoms with Crippen LogP contribution in [0, 0.1) is 5.92 Å². The average Bonchev–Trinajstić information content (AvgIpc) is 2.53. The number of nitrogens with one attached hydrogen (secondary N) is 1. The normalized spacial score (nSPS) is 20.4. The summed E-state index contributed by atoms with van der Waals surface area (Å²) in [4.78, 5) is 0. The number of hydrogen-bond donors (Lipinski definition) is 1. The zero-order valence-corrected chi connectivity index (χ0v) is 12.6. The average molecular weight is 279 g/mol. The van der Waals surface area contributed by atoms with E-state index in [0.717, 1.165) is 37.6 Å². The lowest BCUT2D eigenvalue weighted by atomic mass is 9.89. The van der Waals surface area contributed by atoms with Crippen LogP contribution in [-0.2, 0) is 11.2 Å². The Morgan fingerprint density at radius 1 is 1.30 bits per heavy atom. The second kappa shape index (κ2) is 7.50. The van der Waals surface area contributed by atoms with Crippen molar-refractivity contribution in [3.63, 3.8) is 0 Å². The van der Waals surface area contributed by atoms with Gasteiger partial charge in [0.05, 0.1) is 20.8 Å². The highest BCUT2D eigenvalue weighted by Crippen LogP contribution is 2.29. The quantitative estimate of drug-likeness (QED) is 0.867. The van der Waals surface area contributed by atoms with Gasteiger partial charge in [0.2, 0.25) is 0 Å². The monoisotopic (exact) mass is 279 g/mol. The Kier molecular flexibility index (Phi) is 5.68. The Labute approximate surface area is 121 Å². The van der Waals surface area contributed by atoms with Gasteiger partial charge in [-0.05, 0) is 49.9 Å². The second-order valence-electron chi connectivity index (χ2n) is 5.27. The van der Waals surface area contributed by atoms with Crippen molar-refractivity contribution < 1.29 is 14.2 Å². The minimum atomic E-state index is 0.438. The first-order valence-corrected chi connectivity index (χ1v) is 7.24. The molecule has 1 saturated heterocycles. The predicted octanol–water partition coefficient (Wildman–Crippen LogP) is 2.26. The van der Waals surface area contributed by atoms with Gasteiger partial charge in [0.1, 0.15) is 0 Å². The summed E-state index contributed by atoms with van der Waals surface area (Å²) in [5.41, 5.74) is 1.26. The lowest BCUT2D eigenvalue weighted by Crippen LogP contribution is -2.39. The zero-order chi connectivity index (χ0) is 14.4. The molecule has 1 N–H and O–H groups in total. The summed E-state index contributed by atoms with van der Waals surface area (Å²) in [6.45, 7) is 1.77. The first kappa shape index (κ1) is 15.1. The third kappa shape index (κ3) is 3.64. The molecule has 112 valence electrons. The fraction of sp³-hybridized carbons (Fsp3) is 0.625. The van der Waals surface area contributed by atoms with E-state index in [1.807, 2.05) is 13.1 Å². The van der Waals surface area contributed by atoms with Crippen LogP contribution in [0.3, 0.4) is 0 Å². The lowest BCUT2D eigenvalue weighted by molar-refractivity contribution is 0.0405. The fourth-order valence-electron chi connectivity index (χ4n) is 2.85. The molecule has 0 spiro atoms. The Morgan fingerprint density at radius 3 is 2.70 bits per heavy atom. The van der Waals surface area contributed by atoms with Gasteiger partial charge in [0, 0.05) is 12.6 Å². The largest absolute Gasteiger partial charge is 0.493 e. The maximum atomic E-state index is 5.60. The molecule has 4 nitrogen and oxygen atoms in total. The van der Waals surface area contributed by atoms with Crippen LogP contribution in [0.15, 0.2) is 18.2 Å². The van der Waals surface area contributed by atoms with Gasteiger partial charge in [0.25, 0.3) is 0 Å². The molecule has 4 heteroatoms. The number of likely N-dealkylation sites (N-methyl/N-ethyl adjacent to an activating group) is 1. The van der Waals surface area contributed by atoms with Crippen molar-refractivity contribution in [1.29, 1.82) is 0 Å². The SMILES string of the molecule is CNC(Cc1ccc(OC)c(OC)c1)C1CCCOC1. The van der Waals surface area contributed by atoms with Crippen molar-refractivity contribution in [2.75, 3.05) is 34.5 Å². The van der Waals surface area contributed by atoms with E-state index >= 15 is 0 Å². The van der Waals surface area contributed by atoms with E-state index in [9.17, 15) is 0 Å². The molecule has 2 atom stereocenters. The van der Waals surface area contributed by atoms with Crippen molar-refractivity contribution in [3.05, 3.63) is 23.8 Å². The van der Waals surface area contributed by atoms with E-state index in [4.69, 9.17) is 14.2 Å². The highest BCUT2D eigenvalue weighted by molar-refractivity contribution is 5.43. The number of hydrogen-bond acceptors (Lipinski definition) is 4. The molecule has 0 aliphatic carbocycles. The van der Waals surface area contributed by atoms with E-state index in [-0.39, 0.29) is 0 Å². The molecule has 20 heavy (non-hydrogen) atoms. The van der Waals surface area contributed by atoms with Crippen molar-refractivity contribution in [1.82, 2.24) is 5.32 Å². The molecule has 1 aromatic carbocycles. The molecular weight excluding hydrogens is 254 g/mol. The molecule has 1 heterocycles. The molecule has 2 rings (SSSR count). The van der Waals surface area contributed by atoms with Gasteiger partial charge in [-0.25, -0.2) is 0 Å². The van der Waals surface area contributed by atoms with Gasteiger partial charge in [0.15, 0.2) is 11.5 Å². The van der Waals surface area contributed by atoms with E-state index in [1.165, 1.54) is 12.0 Å². The highest BCUT2D eigenvalue weighted by atomic mass is 16.5. The van der Waals surface area contributed by atoms with Gasteiger partial charge in [-0.15, -0.1) is 0 Å². The van der Waals surface area contributed by atoms with Crippen LogP contribution < -0.4 is 14.8 Å². The van der Waals surface area contributed by atoms with Crippen LogP contribution in [0.2, 0.25) is 0 Å². The predicted molar refractivity (Wildman–Crippen MR) is 79.6 cm³/mol. The Morgan fingerprint density at radius 2 is 2.10 bits per heavy atom. The van der Waals surface area contributed by atoms with Gasteiger partial charge >= 0.3 is 0 Å². The fourth-order valence-corrected chi connectivity index (χ4v) is 2.85. The molecule has 1 aliphatic heterocycles. The number of methoxy groups -OCH3 is 2. The van der Waals surface area contributed by atoms with Crippen LogP contribution in [0.5, 0.6) is 11.5 Å². The minimum Gasteiger partial charge on any atom is -0.493 e. The Bertz CT molecular complexity index is 416. The smallest absolute Gasteiger partial charge is 0.160 e. The number of rotatable bonds is 6. The third-order valence-electron chi connectivity index (χ3n) is 4.04. The number of ether oxygens (including phenoxy) is 3. The number of benzene rings is 1. The molecule has 0 bridgehead atoms. The van der Waals surface area contributed by atoms with E-state index < -0.39 is 0 Å². The minimum absolute atomic E-state index is 0.438. The van der Waals surface area contributed by atoms with Crippen molar-refractivity contribution >= 4 is 0 Å². The van der Waals surface area contributed by atoms with Crippen molar-refractivity contribution in [2.45, 2.75) is 25.3 Å². The van der Waals surface area contributed by atoms with Gasteiger partial charge in [-0.3, -0.25) is 0 Å². The van der Waals surface area contributed by atoms with Gasteiger partial charge < -0.3 is 19.5 Å². The molecule has 1 aliphatic rings. The summed E-state index contributed by atoms with van der Waals surface area (Å²) in [7, 11) is 5.36. The summed E-state index contributed by atoms with van der Waals surface area (Å²) < 4.78 is 16.2. The molecular formula is C16H25NO3. The van der Waals surface area contributed by atoms with Crippen LogP contribution in [0.4, 0.5) is 0 Å². The maximum Gasteiger partial charge on any atom is 0.160 e. The molecule has 0 aromatic heterocycles. The highest BCUT2D eigenvalue weighted by Gasteiger charge is 2.23. The van der Waals surface area contributed by atoms with E-state index in [0.29, 0.717) is 12.0 Å². The summed E-state index contributed by atoms with van der Waals surface area (Å²) >= 11 is 0. The maximum absolute atomic E-state index is 5.60. The van der Waals surface area contributed by atoms with Crippen LogP contribution in [0.25, 0.3) is 0 Å². The van der Waals surface area contributed by atoms with Crippen molar-refractivity contribution in [3.8, 4) is 11.5 Å². The van der Waals surface area contributed by atoms with Crippen LogP contribution in [-0.4, -0.2) is 40.5 Å². The summed E-state index contributed by atoms with van der Waals surface area (Å²) in [5.74, 6) is 2.15. The Hall–Kier alpha value is -1.26. The molecule has 1 fully saturated rings. The van der Waals surface area contributed by atoms with Crippen LogP contribution in [0.1, 0.15) is 18.4 Å². The summed E-state index contributed by atoms with van der Waals surface area (Å²) in [5, 5.41) is 3.43. The van der Waals surface area contributed by atoms with Gasteiger partial charge in [-0.2, -0.15) is 0 Å². The van der Waals surface area contributed by atoms with Crippen molar-refractivity contribution in [2.24, 2.45) is 5.92 Å². The zero-order valence-electron chi connectivity index (χ0n) is 12.6. The standard InChI is InChI=1S/C16H25NO3/c1-17-14(13-5-4-8-20-11-13)9-12-6-7-15(18-2)16(10-12)19-3/h6-7,10,13-14,17H,4-5,8-9,11H2,1-3H3. The molecule has 1 aromatic rings. The first-order chi connectivity index (χ1) is 9.78. The third-order valence-corrected chi connectivity index (χ3v) is 4.04. The second-order valence-corrected chi connectivity index (χ2v) is 5.27. The van der Waals surface area contributed by atoms with E-state index in [1.54, 1.807) is 14.2 Å². The summed E-state index contributed by atoms with van der Waals surface area (Å²) in [6, 6.07) is 6.58. The van der Waals surface area contributed by atoms with Crippen LogP contribution >= 0.6 is 0 Å².